The van der Waals surface area contributed by atoms with Gasteiger partial charge in [-0.1, -0.05) is 33.6 Å². The first kappa shape index (κ1) is 8.96. The molecule has 0 amide bonds. The van der Waals surface area contributed by atoms with E-state index in [2.05, 4.69) is 6.92 Å². The minimum atomic E-state index is 0.0377. The van der Waals surface area contributed by atoms with Crippen LogP contribution in [0.1, 0.15) is 40.0 Å². The standard InChI is InChI=1S/C8H17O/c1-4-5-6-8(2,3)7-9/h4-7H2,1-3H3. The van der Waals surface area contributed by atoms with E-state index in [1.54, 1.807) is 0 Å². The maximum absolute atomic E-state index is 10.5. The van der Waals surface area contributed by atoms with Crippen LogP contribution in [0.4, 0.5) is 0 Å². The molecule has 1 nitrogen and oxygen atoms in total. The number of unbranched alkanes of at least 4 members (excludes halogenated alkanes) is 1. The molecule has 0 heterocycles. The van der Waals surface area contributed by atoms with Gasteiger partial charge < -0.3 is 0 Å². The van der Waals surface area contributed by atoms with Crippen molar-refractivity contribution >= 4 is 0 Å². The fourth-order valence-corrected chi connectivity index (χ4v) is 0.727. The lowest BCUT2D eigenvalue weighted by molar-refractivity contribution is 0.0854. The zero-order valence-corrected chi connectivity index (χ0v) is 6.74. The Bertz CT molecular complexity index is 67.0. The van der Waals surface area contributed by atoms with Crippen molar-refractivity contribution in [3.05, 3.63) is 0 Å². The summed E-state index contributed by atoms with van der Waals surface area (Å²) in [5.41, 5.74) is 0.0377. The van der Waals surface area contributed by atoms with Crippen LogP contribution in [0, 0.1) is 5.41 Å². The van der Waals surface area contributed by atoms with E-state index < -0.39 is 0 Å². The smallest absolute Gasteiger partial charge is 0.0873 e. The number of hydrogen-bond donors (Lipinski definition) is 0. The molecular formula is C8H17O. The predicted molar refractivity (Wildman–Crippen MR) is 38.9 cm³/mol. The zero-order chi connectivity index (χ0) is 7.33. The van der Waals surface area contributed by atoms with Gasteiger partial charge in [0.25, 0.3) is 0 Å². The highest BCUT2D eigenvalue weighted by atomic mass is 16.3. The molecule has 0 spiro atoms. The van der Waals surface area contributed by atoms with Gasteiger partial charge in [-0.2, -0.15) is 0 Å². The third-order valence-electron chi connectivity index (χ3n) is 1.60. The third-order valence-corrected chi connectivity index (χ3v) is 1.60. The molecule has 0 unspecified atom stereocenters. The maximum Gasteiger partial charge on any atom is 0.0873 e. The lowest BCUT2D eigenvalue weighted by Crippen LogP contribution is -2.14. The number of rotatable bonds is 4. The van der Waals surface area contributed by atoms with E-state index in [0.717, 1.165) is 6.42 Å². The number of hydrogen-bond acceptors (Lipinski definition) is 0. The van der Waals surface area contributed by atoms with Gasteiger partial charge in [-0.15, -0.1) is 0 Å². The highest BCUT2D eigenvalue weighted by Gasteiger charge is 2.15. The summed E-state index contributed by atoms with van der Waals surface area (Å²) in [5.74, 6) is 0. The molecule has 0 rings (SSSR count). The Morgan fingerprint density at radius 1 is 1.33 bits per heavy atom. The van der Waals surface area contributed by atoms with Crippen molar-refractivity contribution in [2.75, 3.05) is 6.61 Å². The molecular weight excluding hydrogens is 112 g/mol. The van der Waals surface area contributed by atoms with Crippen molar-refractivity contribution in [2.45, 2.75) is 40.0 Å². The van der Waals surface area contributed by atoms with Crippen molar-refractivity contribution in [1.29, 1.82) is 0 Å². The van der Waals surface area contributed by atoms with Gasteiger partial charge in [-0.25, -0.2) is 5.11 Å². The van der Waals surface area contributed by atoms with Crippen molar-refractivity contribution in [3.63, 3.8) is 0 Å². The van der Waals surface area contributed by atoms with Gasteiger partial charge in [0.2, 0.25) is 0 Å². The summed E-state index contributed by atoms with van der Waals surface area (Å²) in [5, 5.41) is 10.5. The minimum Gasteiger partial charge on any atom is -0.236 e. The van der Waals surface area contributed by atoms with E-state index in [9.17, 15) is 5.11 Å². The summed E-state index contributed by atoms with van der Waals surface area (Å²) in [7, 11) is 0. The van der Waals surface area contributed by atoms with Crippen LogP contribution in [-0.2, 0) is 5.11 Å². The first-order valence-corrected chi connectivity index (χ1v) is 3.70. The fourth-order valence-electron chi connectivity index (χ4n) is 0.727. The molecule has 0 aromatic heterocycles. The molecule has 0 saturated heterocycles. The molecule has 0 N–H and O–H groups in total. The minimum absolute atomic E-state index is 0.0377. The van der Waals surface area contributed by atoms with Gasteiger partial charge in [0.15, 0.2) is 0 Å². The first-order chi connectivity index (χ1) is 4.12. The summed E-state index contributed by atoms with van der Waals surface area (Å²) in [6.07, 6.45) is 3.46. The largest absolute Gasteiger partial charge is 0.236 e. The second-order valence-electron chi connectivity index (χ2n) is 3.41. The summed E-state index contributed by atoms with van der Waals surface area (Å²) >= 11 is 0. The Kier molecular flexibility index (Phi) is 3.87. The second-order valence-corrected chi connectivity index (χ2v) is 3.41. The van der Waals surface area contributed by atoms with Gasteiger partial charge in [-0.05, 0) is 11.8 Å². The van der Waals surface area contributed by atoms with Crippen LogP contribution in [-0.4, -0.2) is 6.61 Å². The first-order valence-electron chi connectivity index (χ1n) is 3.70. The van der Waals surface area contributed by atoms with Crippen molar-refractivity contribution in [2.24, 2.45) is 5.41 Å². The Labute approximate surface area is 58.1 Å². The van der Waals surface area contributed by atoms with E-state index in [-0.39, 0.29) is 12.0 Å². The molecule has 55 valence electrons. The van der Waals surface area contributed by atoms with Gasteiger partial charge in [0.05, 0.1) is 6.61 Å². The molecule has 0 aliphatic rings. The third kappa shape index (κ3) is 4.46. The van der Waals surface area contributed by atoms with Crippen molar-refractivity contribution < 1.29 is 5.11 Å². The highest BCUT2D eigenvalue weighted by molar-refractivity contribution is 4.65. The van der Waals surface area contributed by atoms with Gasteiger partial charge in [-0.3, -0.25) is 0 Å². The van der Waals surface area contributed by atoms with Crippen LogP contribution in [0.5, 0.6) is 0 Å². The topological polar surface area (TPSA) is 19.9 Å². The molecule has 9 heavy (non-hydrogen) atoms. The molecule has 0 aromatic carbocycles. The molecule has 1 heteroatoms. The van der Waals surface area contributed by atoms with E-state index in [1.165, 1.54) is 12.8 Å². The lowest BCUT2D eigenvalue weighted by Gasteiger charge is -2.19. The predicted octanol–water partition coefficient (Wildman–Crippen LogP) is 2.63. The Morgan fingerprint density at radius 3 is 2.22 bits per heavy atom. The van der Waals surface area contributed by atoms with Crippen LogP contribution in [0.2, 0.25) is 0 Å². The molecule has 0 atom stereocenters. The van der Waals surface area contributed by atoms with Crippen molar-refractivity contribution in [3.8, 4) is 0 Å². The summed E-state index contributed by atoms with van der Waals surface area (Å²) in [4.78, 5) is 0. The van der Waals surface area contributed by atoms with Crippen LogP contribution in [0.15, 0.2) is 0 Å². The normalized spacial score (nSPS) is 12.0. The van der Waals surface area contributed by atoms with Gasteiger partial charge in [0, 0.05) is 0 Å². The summed E-state index contributed by atoms with van der Waals surface area (Å²) in [6, 6.07) is 0. The van der Waals surface area contributed by atoms with Crippen LogP contribution in [0.25, 0.3) is 0 Å². The zero-order valence-electron chi connectivity index (χ0n) is 6.74. The molecule has 1 radical (unpaired) electrons. The monoisotopic (exact) mass is 129 g/mol. The molecule has 0 bridgehead atoms. The average molecular weight is 129 g/mol. The van der Waals surface area contributed by atoms with Crippen LogP contribution < -0.4 is 0 Å². The molecule has 0 aliphatic heterocycles. The molecule has 0 aliphatic carbocycles. The van der Waals surface area contributed by atoms with Crippen LogP contribution in [0.3, 0.4) is 0 Å². The Hall–Kier alpha value is -0.0400. The van der Waals surface area contributed by atoms with Gasteiger partial charge in [0.1, 0.15) is 0 Å². The highest BCUT2D eigenvalue weighted by Crippen LogP contribution is 2.21. The Balaban J connectivity index is 3.33. The molecule has 0 saturated carbocycles. The van der Waals surface area contributed by atoms with E-state index in [1.807, 2.05) is 13.8 Å². The SMILES string of the molecule is CCCCC(C)(C)C[O]. The Morgan fingerprint density at radius 2 is 1.89 bits per heavy atom. The van der Waals surface area contributed by atoms with Gasteiger partial charge >= 0.3 is 0 Å². The fraction of sp³-hybridized carbons (Fsp3) is 1.00. The maximum atomic E-state index is 10.5. The summed E-state index contributed by atoms with van der Waals surface area (Å²) in [6.45, 7) is 6.29. The van der Waals surface area contributed by atoms with Crippen LogP contribution >= 0.6 is 0 Å². The quantitative estimate of drug-likeness (QED) is 0.556. The lowest BCUT2D eigenvalue weighted by atomic mass is 9.88. The average Bonchev–Trinajstić information content (AvgIpc) is 1.84. The summed E-state index contributed by atoms with van der Waals surface area (Å²) < 4.78 is 0. The van der Waals surface area contributed by atoms with E-state index in [0.29, 0.717) is 0 Å². The van der Waals surface area contributed by atoms with Crippen molar-refractivity contribution in [1.82, 2.24) is 0 Å². The van der Waals surface area contributed by atoms with E-state index >= 15 is 0 Å². The molecule has 0 aromatic rings. The molecule has 0 fully saturated rings. The van der Waals surface area contributed by atoms with E-state index in [4.69, 9.17) is 0 Å². The second kappa shape index (κ2) is 3.89.